The Kier molecular flexibility index (Phi) is 3.61. The summed E-state index contributed by atoms with van der Waals surface area (Å²) in [7, 11) is 0. The van der Waals surface area contributed by atoms with Gasteiger partial charge in [0.2, 0.25) is 0 Å². The Bertz CT molecular complexity index is 323. The lowest BCUT2D eigenvalue weighted by atomic mass is 10.3. The summed E-state index contributed by atoms with van der Waals surface area (Å²) in [5.74, 6) is -1.02. The number of anilines is 1. The van der Waals surface area contributed by atoms with Gasteiger partial charge in [0.1, 0.15) is 0 Å². The van der Waals surface area contributed by atoms with Gasteiger partial charge in [0.25, 0.3) is 3.79 Å². The Morgan fingerprint density at radius 2 is 1.71 bits per heavy atom. The van der Waals surface area contributed by atoms with E-state index in [0.29, 0.717) is 5.06 Å². The molecular formula is C8H6Cl3NO2. The van der Waals surface area contributed by atoms with E-state index in [0.717, 1.165) is 0 Å². The molecule has 1 amide bonds. The zero-order valence-electron chi connectivity index (χ0n) is 6.82. The highest BCUT2D eigenvalue weighted by atomic mass is 35.6. The average Bonchev–Trinajstić information content (AvgIpc) is 2.15. The lowest BCUT2D eigenvalue weighted by Gasteiger charge is -2.18. The molecule has 14 heavy (non-hydrogen) atoms. The van der Waals surface area contributed by atoms with Crippen LogP contribution in [0.3, 0.4) is 0 Å². The van der Waals surface area contributed by atoms with Crippen molar-refractivity contribution in [3.05, 3.63) is 30.3 Å². The van der Waals surface area contributed by atoms with Gasteiger partial charge in [-0.05, 0) is 12.1 Å². The Balaban J connectivity index is 2.87. The number of carbonyl (C=O) groups excluding carboxylic acids is 1. The Morgan fingerprint density at radius 1 is 1.21 bits per heavy atom. The molecule has 0 fully saturated rings. The second-order valence-electron chi connectivity index (χ2n) is 2.45. The minimum Gasteiger partial charge on any atom is -0.281 e. The van der Waals surface area contributed by atoms with Crippen LogP contribution >= 0.6 is 34.8 Å². The van der Waals surface area contributed by atoms with Gasteiger partial charge in [0.05, 0.1) is 5.69 Å². The first kappa shape index (κ1) is 11.6. The number of halogens is 3. The second-order valence-corrected chi connectivity index (χ2v) is 4.73. The molecule has 0 unspecified atom stereocenters. The molecule has 0 heterocycles. The molecule has 1 aromatic rings. The van der Waals surface area contributed by atoms with Gasteiger partial charge in [-0.3, -0.25) is 10.0 Å². The number of hydrogen-bond donors (Lipinski definition) is 1. The topological polar surface area (TPSA) is 40.5 Å². The number of benzene rings is 1. The summed E-state index contributed by atoms with van der Waals surface area (Å²) in [6.07, 6.45) is 0. The van der Waals surface area contributed by atoms with E-state index in [2.05, 4.69) is 0 Å². The van der Waals surface area contributed by atoms with Gasteiger partial charge >= 0.3 is 5.91 Å². The molecule has 0 atom stereocenters. The van der Waals surface area contributed by atoms with E-state index in [1.165, 1.54) is 12.1 Å². The number of hydrogen-bond acceptors (Lipinski definition) is 2. The van der Waals surface area contributed by atoms with Crippen LogP contribution < -0.4 is 5.06 Å². The number of hydroxylamine groups is 1. The van der Waals surface area contributed by atoms with Crippen LogP contribution in [-0.2, 0) is 4.79 Å². The van der Waals surface area contributed by atoms with Crippen molar-refractivity contribution in [2.45, 2.75) is 3.79 Å². The van der Waals surface area contributed by atoms with Crippen molar-refractivity contribution in [1.82, 2.24) is 0 Å². The summed E-state index contributed by atoms with van der Waals surface area (Å²) < 4.78 is -2.16. The van der Waals surface area contributed by atoms with E-state index < -0.39 is 9.70 Å². The van der Waals surface area contributed by atoms with Crippen molar-refractivity contribution in [2.24, 2.45) is 0 Å². The minimum absolute atomic E-state index is 0.240. The number of para-hydroxylation sites is 1. The molecule has 1 aromatic carbocycles. The number of carbonyl (C=O) groups is 1. The monoisotopic (exact) mass is 253 g/mol. The predicted molar refractivity (Wildman–Crippen MR) is 56.0 cm³/mol. The van der Waals surface area contributed by atoms with Gasteiger partial charge in [-0.2, -0.15) is 5.06 Å². The third-order valence-electron chi connectivity index (χ3n) is 1.44. The van der Waals surface area contributed by atoms with E-state index in [1.54, 1.807) is 18.2 Å². The molecular weight excluding hydrogens is 248 g/mol. The van der Waals surface area contributed by atoms with Crippen LogP contribution in [0.15, 0.2) is 30.3 Å². The van der Waals surface area contributed by atoms with Crippen LogP contribution in [-0.4, -0.2) is 14.9 Å². The van der Waals surface area contributed by atoms with Crippen molar-refractivity contribution in [1.29, 1.82) is 0 Å². The van der Waals surface area contributed by atoms with Crippen molar-refractivity contribution >= 4 is 46.4 Å². The van der Waals surface area contributed by atoms with Crippen LogP contribution in [0.25, 0.3) is 0 Å². The number of rotatable bonds is 1. The summed E-state index contributed by atoms with van der Waals surface area (Å²) in [5, 5.41) is 9.65. The van der Waals surface area contributed by atoms with E-state index >= 15 is 0 Å². The fourth-order valence-electron chi connectivity index (χ4n) is 0.807. The summed E-state index contributed by atoms with van der Waals surface area (Å²) in [4.78, 5) is 11.2. The van der Waals surface area contributed by atoms with E-state index in [9.17, 15) is 10.0 Å². The Morgan fingerprint density at radius 3 is 2.14 bits per heavy atom. The molecule has 0 radical (unpaired) electrons. The first-order valence-electron chi connectivity index (χ1n) is 3.58. The highest BCUT2D eigenvalue weighted by molar-refractivity contribution is 6.76. The maximum atomic E-state index is 11.2. The number of alkyl halides is 3. The fourth-order valence-corrected chi connectivity index (χ4v) is 1.05. The normalized spacial score (nSPS) is 11.1. The first-order chi connectivity index (χ1) is 6.43. The van der Waals surface area contributed by atoms with Gasteiger partial charge < -0.3 is 0 Å². The Hall–Kier alpha value is -0.480. The molecule has 0 aliphatic carbocycles. The van der Waals surface area contributed by atoms with Crippen molar-refractivity contribution in [2.75, 3.05) is 5.06 Å². The third-order valence-corrected chi connectivity index (χ3v) is 1.92. The maximum Gasteiger partial charge on any atom is 0.302 e. The Labute approximate surface area is 95.7 Å². The molecule has 1 N–H and O–H groups in total. The first-order valence-corrected chi connectivity index (χ1v) is 4.71. The molecule has 0 aliphatic heterocycles. The van der Waals surface area contributed by atoms with E-state index in [-0.39, 0.29) is 5.69 Å². The molecule has 0 bridgehead atoms. The van der Waals surface area contributed by atoms with Crippen LogP contribution in [0, 0.1) is 0 Å². The SMILES string of the molecule is O=C(N(O)c1ccccc1)C(Cl)(Cl)Cl. The predicted octanol–water partition coefficient (Wildman–Crippen LogP) is 2.78. The molecule has 0 saturated carbocycles. The standard InChI is InChI=1S/C8H6Cl3NO2/c9-8(10,11)7(13)12(14)6-4-2-1-3-5-6/h1-5,14H. The second kappa shape index (κ2) is 4.36. The molecule has 0 saturated heterocycles. The van der Waals surface area contributed by atoms with Gasteiger partial charge in [-0.1, -0.05) is 53.0 Å². The van der Waals surface area contributed by atoms with Gasteiger partial charge in [-0.15, -0.1) is 0 Å². The third kappa shape index (κ3) is 2.75. The maximum absolute atomic E-state index is 11.2. The molecule has 76 valence electrons. The molecule has 1 rings (SSSR count). The van der Waals surface area contributed by atoms with Gasteiger partial charge in [-0.25, -0.2) is 0 Å². The summed E-state index contributed by atoms with van der Waals surface area (Å²) in [6, 6.07) is 8.04. The molecule has 6 heteroatoms. The minimum atomic E-state index is -2.16. The summed E-state index contributed by atoms with van der Waals surface area (Å²) >= 11 is 15.9. The van der Waals surface area contributed by atoms with Crippen LogP contribution in [0.4, 0.5) is 5.69 Å². The average molecular weight is 254 g/mol. The van der Waals surface area contributed by atoms with Crippen LogP contribution in [0.1, 0.15) is 0 Å². The zero-order chi connectivity index (χ0) is 10.8. The van der Waals surface area contributed by atoms with Crippen molar-refractivity contribution in [3.8, 4) is 0 Å². The van der Waals surface area contributed by atoms with Crippen molar-refractivity contribution in [3.63, 3.8) is 0 Å². The van der Waals surface area contributed by atoms with Gasteiger partial charge in [0, 0.05) is 0 Å². The summed E-state index contributed by atoms with van der Waals surface area (Å²) in [6.45, 7) is 0. The van der Waals surface area contributed by atoms with Crippen molar-refractivity contribution < 1.29 is 10.0 Å². The molecule has 3 nitrogen and oxygen atoms in total. The molecule has 0 aliphatic rings. The van der Waals surface area contributed by atoms with E-state index in [4.69, 9.17) is 34.8 Å². The highest BCUT2D eigenvalue weighted by Gasteiger charge is 2.35. The molecule has 0 aromatic heterocycles. The summed E-state index contributed by atoms with van der Waals surface area (Å²) in [5.41, 5.74) is 0.240. The quantitative estimate of drug-likeness (QED) is 0.475. The number of amides is 1. The highest BCUT2D eigenvalue weighted by Crippen LogP contribution is 2.29. The zero-order valence-corrected chi connectivity index (χ0v) is 9.09. The largest absolute Gasteiger partial charge is 0.302 e. The lowest BCUT2D eigenvalue weighted by molar-refractivity contribution is -0.122. The fraction of sp³-hybridized carbons (Fsp3) is 0.125. The van der Waals surface area contributed by atoms with E-state index in [1.807, 2.05) is 0 Å². The smallest absolute Gasteiger partial charge is 0.281 e. The number of nitrogens with zero attached hydrogens (tertiary/aromatic N) is 1. The van der Waals surface area contributed by atoms with Gasteiger partial charge in [0.15, 0.2) is 0 Å². The van der Waals surface area contributed by atoms with Crippen LogP contribution in [0.5, 0.6) is 0 Å². The molecule has 0 spiro atoms. The lowest BCUT2D eigenvalue weighted by Crippen LogP contribution is -2.36. The van der Waals surface area contributed by atoms with Crippen LogP contribution in [0.2, 0.25) is 0 Å².